The predicted molar refractivity (Wildman–Crippen MR) is 88.6 cm³/mol. The van der Waals surface area contributed by atoms with E-state index in [0.29, 0.717) is 11.8 Å². The maximum atomic E-state index is 10.3. The number of aromatic hydroxyl groups is 1. The molecule has 1 aliphatic heterocycles. The minimum absolute atomic E-state index is 0.225. The average molecular weight is 328 g/mol. The van der Waals surface area contributed by atoms with E-state index in [0.717, 1.165) is 30.2 Å². The Morgan fingerprint density at radius 1 is 1.08 bits per heavy atom. The van der Waals surface area contributed by atoms with Gasteiger partial charge in [0.1, 0.15) is 24.6 Å². The molecule has 0 spiro atoms. The number of phenolic OH excluding ortho intramolecular Hbond substituents is 1. The minimum Gasteiger partial charge on any atom is -0.507 e. The van der Waals surface area contributed by atoms with Crippen LogP contribution >= 0.6 is 0 Å². The first kappa shape index (κ1) is 15.1. The van der Waals surface area contributed by atoms with Gasteiger partial charge in [0.25, 0.3) is 0 Å². The number of quaternary nitrogens is 1. The minimum atomic E-state index is 0.225. The Labute approximate surface area is 141 Å². The molecule has 0 bridgehead atoms. The number of phenols is 1. The van der Waals surface area contributed by atoms with Crippen LogP contribution in [0.2, 0.25) is 0 Å². The summed E-state index contributed by atoms with van der Waals surface area (Å²) in [4.78, 5) is 1.47. The molecule has 2 aromatic rings. The lowest BCUT2D eigenvalue weighted by Crippen LogP contribution is -3.10. The van der Waals surface area contributed by atoms with Crippen molar-refractivity contribution < 1.29 is 24.2 Å². The Morgan fingerprint density at radius 2 is 1.79 bits per heavy atom. The van der Waals surface area contributed by atoms with E-state index in [1.54, 1.807) is 13.2 Å². The van der Waals surface area contributed by atoms with E-state index in [9.17, 15) is 5.11 Å². The Hall–Kier alpha value is -2.40. The van der Waals surface area contributed by atoms with Crippen LogP contribution in [0.4, 0.5) is 0 Å². The molecule has 5 nitrogen and oxygen atoms in total. The topological polar surface area (TPSA) is 52.4 Å². The van der Waals surface area contributed by atoms with E-state index < -0.39 is 0 Å². The second-order valence-corrected chi connectivity index (χ2v) is 6.47. The fourth-order valence-electron chi connectivity index (χ4n) is 3.21. The first-order valence-electron chi connectivity index (χ1n) is 8.32. The average Bonchev–Trinajstić information content (AvgIpc) is 3.35. The molecule has 0 aromatic heterocycles. The summed E-state index contributed by atoms with van der Waals surface area (Å²) in [6, 6.07) is 12.5. The molecule has 126 valence electrons. The lowest BCUT2D eigenvalue weighted by molar-refractivity contribution is -0.938. The van der Waals surface area contributed by atoms with Crippen molar-refractivity contribution in [2.45, 2.75) is 32.0 Å². The molecule has 5 heteroatoms. The van der Waals surface area contributed by atoms with E-state index >= 15 is 0 Å². The number of rotatable bonds is 6. The van der Waals surface area contributed by atoms with Crippen molar-refractivity contribution in [1.29, 1.82) is 0 Å². The number of methoxy groups -OCH3 is 1. The Kier molecular flexibility index (Phi) is 3.94. The van der Waals surface area contributed by atoms with Gasteiger partial charge in [-0.2, -0.15) is 0 Å². The van der Waals surface area contributed by atoms with Gasteiger partial charge in [-0.1, -0.05) is 0 Å². The van der Waals surface area contributed by atoms with Crippen LogP contribution < -0.4 is 19.1 Å². The number of benzene rings is 2. The summed E-state index contributed by atoms with van der Waals surface area (Å²) >= 11 is 0. The van der Waals surface area contributed by atoms with E-state index in [1.165, 1.54) is 23.3 Å². The van der Waals surface area contributed by atoms with Gasteiger partial charge in [0, 0.05) is 24.5 Å². The molecule has 2 aromatic carbocycles. The van der Waals surface area contributed by atoms with Crippen LogP contribution in [0, 0.1) is 0 Å². The number of hydrogen-bond acceptors (Lipinski definition) is 4. The number of nitrogens with one attached hydrogen (secondary N) is 1. The van der Waals surface area contributed by atoms with Gasteiger partial charge in [0.15, 0.2) is 11.5 Å². The highest BCUT2D eigenvalue weighted by atomic mass is 16.7. The zero-order chi connectivity index (χ0) is 16.5. The molecular formula is C19H22NO4+. The first-order chi connectivity index (χ1) is 11.7. The Morgan fingerprint density at radius 3 is 2.46 bits per heavy atom. The van der Waals surface area contributed by atoms with Crippen molar-refractivity contribution in [2.24, 2.45) is 0 Å². The van der Waals surface area contributed by atoms with Gasteiger partial charge in [0.05, 0.1) is 18.7 Å². The van der Waals surface area contributed by atoms with Crippen LogP contribution in [-0.4, -0.2) is 25.1 Å². The highest BCUT2D eigenvalue weighted by Crippen LogP contribution is 2.37. The molecule has 0 radical (unpaired) electrons. The molecule has 1 heterocycles. The molecule has 1 unspecified atom stereocenters. The lowest BCUT2D eigenvalue weighted by atomic mass is 10.1. The van der Waals surface area contributed by atoms with Crippen molar-refractivity contribution in [2.75, 3.05) is 13.9 Å². The number of fused-ring (bicyclic) bond motifs is 1. The summed E-state index contributed by atoms with van der Waals surface area (Å²) < 4.78 is 16.0. The monoisotopic (exact) mass is 328 g/mol. The second kappa shape index (κ2) is 6.24. The highest BCUT2D eigenvalue weighted by molar-refractivity contribution is 5.51. The summed E-state index contributed by atoms with van der Waals surface area (Å²) in [5.41, 5.74) is 2.19. The third kappa shape index (κ3) is 3.12. The van der Waals surface area contributed by atoms with Gasteiger partial charge in [0.2, 0.25) is 6.79 Å². The Bertz CT molecular complexity index is 725. The molecule has 1 saturated carbocycles. The molecule has 1 fully saturated rings. The summed E-state index contributed by atoms with van der Waals surface area (Å²) in [5.74, 6) is 2.51. The zero-order valence-electron chi connectivity index (χ0n) is 13.7. The van der Waals surface area contributed by atoms with Crippen LogP contribution in [0.3, 0.4) is 0 Å². The molecule has 24 heavy (non-hydrogen) atoms. The van der Waals surface area contributed by atoms with E-state index in [-0.39, 0.29) is 12.5 Å². The van der Waals surface area contributed by atoms with Gasteiger partial charge in [-0.25, -0.2) is 0 Å². The summed E-state index contributed by atoms with van der Waals surface area (Å²) in [6.07, 6.45) is 2.49. The smallest absolute Gasteiger partial charge is 0.231 e. The third-order valence-corrected chi connectivity index (χ3v) is 4.74. The van der Waals surface area contributed by atoms with Gasteiger partial charge in [-0.3, -0.25) is 0 Å². The van der Waals surface area contributed by atoms with E-state index in [1.807, 2.05) is 18.2 Å². The van der Waals surface area contributed by atoms with Crippen LogP contribution in [-0.2, 0) is 13.1 Å². The van der Waals surface area contributed by atoms with Gasteiger partial charge >= 0.3 is 0 Å². The number of hydrogen-bond donors (Lipinski definition) is 2. The maximum absolute atomic E-state index is 10.3. The molecule has 2 N–H and O–H groups in total. The van der Waals surface area contributed by atoms with Gasteiger partial charge in [-0.15, -0.1) is 0 Å². The van der Waals surface area contributed by atoms with Crippen LogP contribution in [0.5, 0.6) is 23.0 Å². The summed E-state index contributed by atoms with van der Waals surface area (Å²) in [6.45, 7) is 1.94. The lowest BCUT2D eigenvalue weighted by Gasteiger charge is -2.20. The van der Waals surface area contributed by atoms with Crippen LogP contribution in [0.1, 0.15) is 24.0 Å². The number of ether oxygens (including phenoxy) is 3. The molecule has 2 aliphatic rings. The van der Waals surface area contributed by atoms with Crippen molar-refractivity contribution in [3.8, 4) is 23.0 Å². The Balaban J connectivity index is 1.51. The molecule has 4 rings (SSSR count). The van der Waals surface area contributed by atoms with Crippen molar-refractivity contribution >= 4 is 0 Å². The molecule has 0 amide bonds. The molecular weight excluding hydrogens is 306 g/mol. The van der Waals surface area contributed by atoms with Crippen molar-refractivity contribution in [1.82, 2.24) is 0 Å². The quantitative estimate of drug-likeness (QED) is 0.850. The maximum Gasteiger partial charge on any atom is 0.231 e. The molecule has 0 saturated heterocycles. The molecule has 1 atom stereocenters. The summed E-state index contributed by atoms with van der Waals surface area (Å²) in [7, 11) is 1.68. The zero-order valence-corrected chi connectivity index (χ0v) is 13.7. The first-order valence-corrected chi connectivity index (χ1v) is 8.32. The van der Waals surface area contributed by atoms with Gasteiger partial charge in [-0.05, 0) is 30.3 Å². The van der Waals surface area contributed by atoms with E-state index in [2.05, 4.69) is 12.1 Å². The second-order valence-electron chi connectivity index (χ2n) is 6.47. The predicted octanol–water partition coefficient (Wildman–Crippen LogP) is 1.88. The fraction of sp³-hybridized carbons (Fsp3) is 0.368. The van der Waals surface area contributed by atoms with Crippen molar-refractivity contribution in [3.63, 3.8) is 0 Å². The summed E-state index contributed by atoms with van der Waals surface area (Å²) in [5, 5.41) is 10.3. The van der Waals surface area contributed by atoms with E-state index in [4.69, 9.17) is 14.2 Å². The highest BCUT2D eigenvalue weighted by Gasteiger charge is 2.34. The van der Waals surface area contributed by atoms with Crippen molar-refractivity contribution in [3.05, 3.63) is 47.5 Å². The van der Waals surface area contributed by atoms with Gasteiger partial charge < -0.3 is 24.2 Å². The largest absolute Gasteiger partial charge is 0.507 e. The SMILES string of the molecule is COc1ccc(C[NH+](Cc2cc3c(cc2O)OCO3)C2CC2)cc1. The van der Waals surface area contributed by atoms with Crippen LogP contribution in [0.15, 0.2) is 36.4 Å². The van der Waals surface area contributed by atoms with Crippen LogP contribution in [0.25, 0.3) is 0 Å². The fourth-order valence-corrected chi connectivity index (χ4v) is 3.21. The standard InChI is InChI=1S/C19H21NO4/c1-22-16-6-2-13(3-7-16)10-20(15-4-5-15)11-14-8-18-19(9-17(14)21)24-12-23-18/h2-3,6-9,15,21H,4-5,10-12H2,1H3/p+1. The normalized spacial score (nSPS) is 16.9. The third-order valence-electron chi connectivity index (χ3n) is 4.74. The molecule has 1 aliphatic carbocycles.